The van der Waals surface area contributed by atoms with Crippen molar-refractivity contribution in [1.82, 2.24) is 10.3 Å². The molecule has 3 N–H and O–H groups in total. The van der Waals surface area contributed by atoms with Gasteiger partial charge in [-0.05, 0) is 36.7 Å². The fourth-order valence-corrected chi connectivity index (χ4v) is 3.32. The fourth-order valence-electron chi connectivity index (χ4n) is 3.32. The van der Waals surface area contributed by atoms with Crippen molar-refractivity contribution < 1.29 is 19.1 Å². The summed E-state index contributed by atoms with van der Waals surface area (Å²) in [6, 6.07) is 8.58. The zero-order chi connectivity index (χ0) is 22.7. The van der Waals surface area contributed by atoms with Gasteiger partial charge in [-0.15, -0.1) is 0 Å². The number of ether oxygens (including phenoxy) is 1. The first-order chi connectivity index (χ1) is 14.2. The van der Waals surface area contributed by atoms with Crippen LogP contribution in [0.25, 0.3) is 0 Å². The van der Waals surface area contributed by atoms with Crippen LogP contribution >= 0.6 is 0 Å². The van der Waals surface area contributed by atoms with E-state index in [0.717, 1.165) is 24.3 Å². The average molecular weight is 420 g/mol. The van der Waals surface area contributed by atoms with E-state index >= 15 is 0 Å². The number of methoxy groups -OCH3 is 1. The molecule has 0 saturated carbocycles. The summed E-state index contributed by atoms with van der Waals surface area (Å²) >= 11 is 0. The number of esters is 1. The molecule has 1 aromatic carbocycles. The predicted octanol–water partition coefficient (Wildman–Crippen LogP) is 2.83. The van der Waals surface area contributed by atoms with Crippen LogP contribution in [0.1, 0.15) is 58.9 Å². The SMILES string of the molecule is COC(=O)[C@@H](NC(=O)[C@H](C(C)C)N(N)C(=O)CCCCCc1ccccc1)C(C)C. The lowest BCUT2D eigenvalue weighted by Gasteiger charge is -2.31. The minimum atomic E-state index is -0.854. The second-order valence-corrected chi connectivity index (χ2v) is 8.29. The number of amides is 2. The molecule has 0 bridgehead atoms. The minimum Gasteiger partial charge on any atom is -0.467 e. The van der Waals surface area contributed by atoms with Crippen LogP contribution in [0.15, 0.2) is 30.3 Å². The van der Waals surface area contributed by atoms with E-state index in [-0.39, 0.29) is 24.2 Å². The molecular formula is C23H37N3O4. The maximum Gasteiger partial charge on any atom is 0.328 e. The van der Waals surface area contributed by atoms with Crippen LogP contribution in [0, 0.1) is 11.8 Å². The zero-order valence-corrected chi connectivity index (χ0v) is 18.9. The monoisotopic (exact) mass is 419 g/mol. The van der Waals surface area contributed by atoms with Gasteiger partial charge in [0.2, 0.25) is 11.8 Å². The Bertz CT molecular complexity index is 676. The number of unbranched alkanes of at least 4 members (excludes halogenated alkanes) is 2. The standard InChI is InChI=1S/C23H37N3O4/c1-16(2)20(23(29)30-5)25-22(28)21(17(3)4)26(24)19(27)15-11-7-10-14-18-12-8-6-9-13-18/h6,8-9,12-13,16-17,20-21H,7,10-11,14-15,24H2,1-5H3,(H,25,28)/t20-,21-/m0/s1. The Kier molecular flexibility index (Phi) is 11.1. The van der Waals surface area contributed by atoms with Crippen LogP contribution < -0.4 is 11.2 Å². The molecule has 0 fully saturated rings. The van der Waals surface area contributed by atoms with Gasteiger partial charge in [0.15, 0.2) is 0 Å². The Morgan fingerprint density at radius 1 is 1.00 bits per heavy atom. The lowest BCUT2D eigenvalue weighted by molar-refractivity contribution is -0.149. The van der Waals surface area contributed by atoms with Crippen LogP contribution in [0.3, 0.4) is 0 Å². The molecule has 0 spiro atoms. The van der Waals surface area contributed by atoms with Gasteiger partial charge >= 0.3 is 5.97 Å². The quantitative estimate of drug-likeness (QED) is 0.178. The summed E-state index contributed by atoms with van der Waals surface area (Å²) in [5, 5.41) is 3.71. The Morgan fingerprint density at radius 2 is 1.63 bits per heavy atom. The highest BCUT2D eigenvalue weighted by molar-refractivity contribution is 5.90. The molecular weight excluding hydrogens is 382 g/mol. The summed E-state index contributed by atoms with van der Waals surface area (Å²) in [5.74, 6) is 4.43. The summed E-state index contributed by atoms with van der Waals surface area (Å²) in [6.07, 6.45) is 3.87. The van der Waals surface area contributed by atoms with Crippen molar-refractivity contribution in [3.05, 3.63) is 35.9 Å². The highest BCUT2D eigenvalue weighted by atomic mass is 16.5. The van der Waals surface area contributed by atoms with Crippen molar-refractivity contribution in [2.45, 2.75) is 71.9 Å². The van der Waals surface area contributed by atoms with Gasteiger partial charge in [-0.3, -0.25) is 14.6 Å². The maximum absolute atomic E-state index is 12.8. The molecule has 0 saturated heterocycles. The third kappa shape index (κ3) is 8.14. The smallest absolute Gasteiger partial charge is 0.328 e. The third-order valence-electron chi connectivity index (χ3n) is 5.11. The molecule has 7 heteroatoms. The van der Waals surface area contributed by atoms with E-state index in [1.807, 2.05) is 45.9 Å². The molecule has 168 valence electrons. The van der Waals surface area contributed by atoms with Crippen LogP contribution in [-0.4, -0.2) is 42.0 Å². The van der Waals surface area contributed by atoms with Crippen molar-refractivity contribution in [3.8, 4) is 0 Å². The zero-order valence-electron chi connectivity index (χ0n) is 18.9. The fraction of sp³-hybridized carbons (Fsp3) is 0.609. The molecule has 7 nitrogen and oxygen atoms in total. The van der Waals surface area contributed by atoms with E-state index in [0.29, 0.717) is 6.42 Å². The first-order valence-corrected chi connectivity index (χ1v) is 10.7. The lowest BCUT2D eigenvalue weighted by Crippen LogP contribution is -2.58. The number of carbonyl (C=O) groups excluding carboxylic acids is 3. The number of hydrogen-bond donors (Lipinski definition) is 2. The van der Waals surface area contributed by atoms with Gasteiger partial charge in [-0.25, -0.2) is 10.6 Å². The first kappa shape index (κ1) is 25.6. The van der Waals surface area contributed by atoms with Crippen molar-refractivity contribution in [2.24, 2.45) is 17.7 Å². The van der Waals surface area contributed by atoms with E-state index in [2.05, 4.69) is 17.4 Å². The lowest BCUT2D eigenvalue weighted by atomic mass is 9.99. The summed E-state index contributed by atoms with van der Waals surface area (Å²) in [7, 11) is 1.28. The number of hydrazine groups is 1. The second kappa shape index (κ2) is 13.0. The molecule has 0 aliphatic rings. The number of nitrogens with two attached hydrogens (primary N) is 1. The van der Waals surface area contributed by atoms with E-state index < -0.39 is 24.0 Å². The molecule has 1 aromatic rings. The normalized spacial score (nSPS) is 13.1. The van der Waals surface area contributed by atoms with Crippen molar-refractivity contribution in [1.29, 1.82) is 0 Å². The van der Waals surface area contributed by atoms with Gasteiger partial charge in [0.25, 0.3) is 0 Å². The highest BCUT2D eigenvalue weighted by Gasteiger charge is 2.34. The predicted molar refractivity (Wildman–Crippen MR) is 117 cm³/mol. The van der Waals surface area contributed by atoms with Gasteiger partial charge in [0.1, 0.15) is 12.1 Å². The van der Waals surface area contributed by atoms with Crippen molar-refractivity contribution >= 4 is 17.8 Å². The number of nitrogens with one attached hydrogen (secondary N) is 1. The number of hydrogen-bond acceptors (Lipinski definition) is 5. The van der Waals surface area contributed by atoms with E-state index in [1.165, 1.54) is 12.7 Å². The maximum atomic E-state index is 12.8. The molecule has 1 rings (SSSR count). The van der Waals surface area contributed by atoms with Gasteiger partial charge in [-0.2, -0.15) is 0 Å². The molecule has 0 aliphatic carbocycles. The van der Waals surface area contributed by atoms with E-state index in [1.54, 1.807) is 0 Å². The highest BCUT2D eigenvalue weighted by Crippen LogP contribution is 2.14. The van der Waals surface area contributed by atoms with Crippen LogP contribution in [0.2, 0.25) is 0 Å². The van der Waals surface area contributed by atoms with Gasteiger partial charge in [0.05, 0.1) is 7.11 Å². The van der Waals surface area contributed by atoms with E-state index in [9.17, 15) is 14.4 Å². The molecule has 2 atom stereocenters. The molecule has 0 aromatic heterocycles. The summed E-state index contributed by atoms with van der Waals surface area (Å²) < 4.78 is 4.77. The number of rotatable bonds is 12. The Morgan fingerprint density at radius 3 is 2.17 bits per heavy atom. The Labute approximate surface area is 180 Å². The van der Waals surface area contributed by atoms with Gasteiger partial charge < -0.3 is 10.1 Å². The summed E-state index contributed by atoms with van der Waals surface area (Å²) in [5.41, 5.74) is 1.28. The van der Waals surface area contributed by atoms with Crippen molar-refractivity contribution in [3.63, 3.8) is 0 Å². The van der Waals surface area contributed by atoms with Crippen LogP contribution in [0.5, 0.6) is 0 Å². The number of aryl methyl sites for hydroxylation is 1. The first-order valence-electron chi connectivity index (χ1n) is 10.7. The number of nitrogens with zero attached hydrogens (tertiary/aromatic N) is 1. The Balaban J connectivity index is 2.57. The number of benzene rings is 1. The Hall–Kier alpha value is -2.41. The second-order valence-electron chi connectivity index (χ2n) is 8.29. The molecule has 0 unspecified atom stereocenters. The van der Waals surface area contributed by atoms with E-state index in [4.69, 9.17) is 10.6 Å². The molecule has 0 radical (unpaired) electrons. The average Bonchev–Trinajstić information content (AvgIpc) is 2.71. The summed E-state index contributed by atoms with van der Waals surface area (Å²) in [6.45, 7) is 7.26. The van der Waals surface area contributed by atoms with Gasteiger partial charge in [-0.1, -0.05) is 64.4 Å². The molecule has 0 aliphatic heterocycles. The van der Waals surface area contributed by atoms with Gasteiger partial charge in [0, 0.05) is 6.42 Å². The number of carbonyl (C=O) groups is 3. The topological polar surface area (TPSA) is 102 Å². The third-order valence-corrected chi connectivity index (χ3v) is 5.11. The summed E-state index contributed by atoms with van der Waals surface area (Å²) in [4.78, 5) is 37.3. The van der Waals surface area contributed by atoms with Crippen LogP contribution in [0.4, 0.5) is 0 Å². The minimum absolute atomic E-state index is 0.152. The largest absolute Gasteiger partial charge is 0.467 e. The molecule has 2 amide bonds. The molecule has 30 heavy (non-hydrogen) atoms. The van der Waals surface area contributed by atoms with Crippen LogP contribution in [-0.2, 0) is 25.5 Å². The molecule has 0 heterocycles. The van der Waals surface area contributed by atoms with Crippen molar-refractivity contribution in [2.75, 3.05) is 7.11 Å².